The molecule has 0 fully saturated rings. The lowest BCUT2D eigenvalue weighted by Crippen LogP contribution is -2.46. The van der Waals surface area contributed by atoms with Crippen LogP contribution in [-0.4, -0.2) is 81.1 Å². The highest BCUT2D eigenvalue weighted by Gasteiger charge is 2.44. The van der Waals surface area contributed by atoms with Crippen molar-refractivity contribution in [1.82, 2.24) is 0 Å². The molecule has 0 aromatic heterocycles. The van der Waals surface area contributed by atoms with E-state index < -0.39 is 70.8 Å². The molecule has 0 bridgehead atoms. The first-order valence-corrected chi connectivity index (χ1v) is 15.9. The molecule has 4 aromatic rings. The van der Waals surface area contributed by atoms with Gasteiger partial charge in [0.25, 0.3) is 0 Å². The number of ether oxygens (including phenoxy) is 3. The van der Waals surface area contributed by atoms with Crippen molar-refractivity contribution in [2.75, 3.05) is 0 Å². The maximum absolute atomic E-state index is 13.6. The zero-order valence-corrected chi connectivity index (χ0v) is 26.5. The number of aliphatic hydroxyl groups excluding tert-OH is 1. The number of aromatic hydroxyl groups is 9. The van der Waals surface area contributed by atoms with Crippen molar-refractivity contribution in [3.05, 3.63) is 75.8 Å². The summed E-state index contributed by atoms with van der Waals surface area (Å²) in [6.45, 7) is 0. The SMILES string of the molecule is O=C(O[C@@H]1Cc2c(O)cc(O)cc2O[C@@H]1[C@@H]1CCC(=O)c2c(O)c(O)cc([C@H]3Oc4cc(O)cc(O)c4C[C@H]3O)c2C1)c1cc(O)c(O)c(O)c1. The van der Waals surface area contributed by atoms with Gasteiger partial charge in [0.15, 0.2) is 40.6 Å². The van der Waals surface area contributed by atoms with E-state index in [9.17, 15) is 60.7 Å². The summed E-state index contributed by atoms with van der Waals surface area (Å²) in [5, 5.41) is 104. The second-order valence-electron chi connectivity index (χ2n) is 12.9. The van der Waals surface area contributed by atoms with Crippen LogP contribution in [0.2, 0.25) is 0 Å². The number of carbonyl (C=O) groups excluding carboxylic acids is 2. The number of carbonyl (C=O) groups is 2. The first-order chi connectivity index (χ1) is 24.2. The maximum atomic E-state index is 13.6. The van der Waals surface area contributed by atoms with Gasteiger partial charge in [-0.25, -0.2) is 4.79 Å². The number of aliphatic hydroxyl groups is 1. The highest BCUT2D eigenvalue weighted by molar-refractivity contribution is 6.01. The zero-order chi connectivity index (χ0) is 36.5. The molecule has 10 N–H and O–H groups in total. The second kappa shape index (κ2) is 12.3. The number of fused-ring (bicyclic) bond motifs is 3. The minimum absolute atomic E-state index is 0.0470. The molecule has 0 spiro atoms. The Morgan fingerprint density at radius 2 is 1.25 bits per heavy atom. The molecular weight excluding hydrogens is 672 g/mol. The Bertz CT molecular complexity index is 2080. The van der Waals surface area contributed by atoms with Gasteiger partial charge in [-0.1, -0.05) is 0 Å². The highest BCUT2D eigenvalue weighted by atomic mass is 16.6. The predicted octanol–water partition coefficient (Wildman–Crippen LogP) is 3.44. The average Bonchev–Trinajstić information content (AvgIpc) is 3.24. The Labute approximate surface area is 288 Å². The van der Waals surface area contributed by atoms with Gasteiger partial charge in [-0.3, -0.25) is 4.79 Å². The van der Waals surface area contributed by atoms with Gasteiger partial charge in [0.05, 0.1) is 17.2 Å². The molecule has 3 aliphatic rings. The van der Waals surface area contributed by atoms with Gasteiger partial charge >= 0.3 is 5.97 Å². The molecule has 5 atom stereocenters. The summed E-state index contributed by atoms with van der Waals surface area (Å²) in [5.74, 6) is -7.26. The molecule has 15 heteroatoms. The molecule has 1 aliphatic carbocycles. The first kappa shape index (κ1) is 33.3. The Hall–Kier alpha value is -6.22. The van der Waals surface area contributed by atoms with Crippen molar-refractivity contribution in [2.45, 2.75) is 56.5 Å². The lowest BCUT2D eigenvalue weighted by molar-refractivity contribution is -0.0395. The van der Waals surface area contributed by atoms with Crippen LogP contribution in [-0.2, 0) is 24.0 Å². The lowest BCUT2D eigenvalue weighted by Gasteiger charge is -2.38. The number of phenolic OH excluding ortho intramolecular Hbond substituents is 9. The van der Waals surface area contributed by atoms with Crippen molar-refractivity contribution in [3.63, 3.8) is 0 Å². The van der Waals surface area contributed by atoms with Crippen LogP contribution in [0.3, 0.4) is 0 Å². The van der Waals surface area contributed by atoms with E-state index in [-0.39, 0.29) is 100.0 Å². The molecule has 0 unspecified atom stereocenters. The summed E-state index contributed by atoms with van der Waals surface area (Å²) in [6.07, 6.45) is -5.29. The van der Waals surface area contributed by atoms with Crippen LogP contribution in [0.5, 0.6) is 63.2 Å². The number of rotatable bonds is 4. The molecule has 51 heavy (non-hydrogen) atoms. The summed E-state index contributed by atoms with van der Waals surface area (Å²) >= 11 is 0. The molecule has 0 saturated heterocycles. The number of benzene rings is 4. The van der Waals surface area contributed by atoms with Crippen molar-refractivity contribution in [2.24, 2.45) is 5.92 Å². The van der Waals surface area contributed by atoms with Gasteiger partial charge < -0.3 is 65.3 Å². The van der Waals surface area contributed by atoms with Gasteiger partial charge in [0.2, 0.25) is 0 Å². The summed E-state index contributed by atoms with van der Waals surface area (Å²) in [7, 11) is 0. The lowest BCUT2D eigenvalue weighted by atomic mass is 9.82. The third-order valence-electron chi connectivity index (χ3n) is 9.64. The van der Waals surface area contributed by atoms with Gasteiger partial charge in [-0.15, -0.1) is 0 Å². The van der Waals surface area contributed by atoms with Gasteiger partial charge in [0, 0.05) is 66.1 Å². The molecular formula is C36H32O15. The van der Waals surface area contributed by atoms with Crippen molar-refractivity contribution < 1.29 is 74.9 Å². The van der Waals surface area contributed by atoms with Gasteiger partial charge in [-0.2, -0.15) is 0 Å². The topological polar surface area (TPSA) is 264 Å². The van der Waals surface area contributed by atoms with E-state index in [4.69, 9.17) is 14.2 Å². The molecule has 0 amide bonds. The summed E-state index contributed by atoms with van der Waals surface area (Å²) in [6, 6.07) is 7.59. The van der Waals surface area contributed by atoms with Crippen molar-refractivity contribution in [3.8, 4) is 63.2 Å². The standard InChI is InChI=1S/C36H32O15/c37-15-6-22(40)19-11-27(45)35(50-28(19)8-15)18-10-26(44)33(47)31-17(18)3-13(1-2-21(31)39)34-30(12-20-23(41)7-16(38)9-29(20)49-34)51-36(48)14-4-24(42)32(46)25(43)5-14/h4-10,13,27,30,34-35,37-38,40-47H,1-3,11-12H2/t13-,27-,30-,34-,35-/m1/s1. The predicted molar refractivity (Wildman–Crippen MR) is 172 cm³/mol. The molecule has 2 aliphatic heterocycles. The Morgan fingerprint density at radius 3 is 1.90 bits per heavy atom. The van der Waals surface area contributed by atoms with E-state index >= 15 is 0 Å². The summed E-state index contributed by atoms with van der Waals surface area (Å²) in [5.41, 5.74) is 0.170. The minimum atomic E-state index is -1.33. The quantitative estimate of drug-likeness (QED) is 0.0829. The number of ketones is 1. The fourth-order valence-corrected chi connectivity index (χ4v) is 7.21. The van der Waals surface area contributed by atoms with Crippen LogP contribution in [0.4, 0.5) is 0 Å². The summed E-state index contributed by atoms with van der Waals surface area (Å²) < 4.78 is 18.2. The zero-order valence-electron chi connectivity index (χ0n) is 26.5. The minimum Gasteiger partial charge on any atom is -0.508 e. The number of hydrogen-bond acceptors (Lipinski definition) is 15. The third kappa shape index (κ3) is 5.80. The maximum Gasteiger partial charge on any atom is 0.338 e. The third-order valence-corrected chi connectivity index (χ3v) is 9.64. The van der Waals surface area contributed by atoms with E-state index in [2.05, 4.69) is 0 Å². The number of esters is 1. The normalized spacial score (nSPS) is 22.4. The molecule has 2 heterocycles. The Kier molecular flexibility index (Phi) is 8.01. The van der Waals surface area contributed by atoms with Crippen LogP contribution in [0.15, 0.2) is 42.5 Å². The van der Waals surface area contributed by atoms with Crippen LogP contribution in [0, 0.1) is 5.92 Å². The van der Waals surface area contributed by atoms with E-state index in [1.807, 2.05) is 0 Å². The van der Waals surface area contributed by atoms with Crippen LogP contribution in [0.25, 0.3) is 0 Å². The molecule has 4 aromatic carbocycles. The average molecular weight is 705 g/mol. The largest absolute Gasteiger partial charge is 0.508 e. The summed E-state index contributed by atoms with van der Waals surface area (Å²) in [4.78, 5) is 27.0. The van der Waals surface area contributed by atoms with E-state index in [0.29, 0.717) is 0 Å². The first-order valence-electron chi connectivity index (χ1n) is 15.9. The second-order valence-corrected chi connectivity index (χ2v) is 12.9. The van der Waals surface area contributed by atoms with Crippen molar-refractivity contribution in [1.29, 1.82) is 0 Å². The van der Waals surface area contributed by atoms with E-state index in [0.717, 1.165) is 30.3 Å². The molecule has 0 radical (unpaired) electrons. The van der Waals surface area contributed by atoms with Crippen LogP contribution < -0.4 is 9.47 Å². The van der Waals surface area contributed by atoms with E-state index in [1.165, 1.54) is 12.1 Å². The smallest absolute Gasteiger partial charge is 0.338 e. The molecule has 266 valence electrons. The van der Waals surface area contributed by atoms with Crippen molar-refractivity contribution >= 4 is 11.8 Å². The Morgan fingerprint density at radius 1 is 0.667 bits per heavy atom. The van der Waals surface area contributed by atoms with Gasteiger partial charge in [-0.05, 0) is 36.6 Å². The molecule has 7 rings (SSSR count). The Balaban J connectivity index is 1.30. The van der Waals surface area contributed by atoms with Gasteiger partial charge in [0.1, 0.15) is 46.7 Å². The fourth-order valence-electron chi connectivity index (χ4n) is 7.21. The molecule has 15 nitrogen and oxygen atoms in total. The highest BCUT2D eigenvalue weighted by Crippen LogP contribution is 2.49. The number of phenols is 9. The fraction of sp³-hybridized carbons (Fsp3) is 0.278. The number of hydrogen-bond donors (Lipinski definition) is 10. The van der Waals surface area contributed by atoms with Crippen LogP contribution >= 0.6 is 0 Å². The molecule has 0 saturated carbocycles. The van der Waals surface area contributed by atoms with E-state index in [1.54, 1.807) is 0 Å². The number of Topliss-reactive ketones (excluding diaryl/α,β-unsaturated/α-hetero) is 1. The van der Waals surface area contributed by atoms with Crippen LogP contribution in [0.1, 0.15) is 61.9 Å². The monoisotopic (exact) mass is 704 g/mol.